The predicted octanol–water partition coefficient (Wildman–Crippen LogP) is 0.749. The van der Waals surface area contributed by atoms with E-state index in [4.69, 9.17) is 9.84 Å². The van der Waals surface area contributed by atoms with Gasteiger partial charge in [-0.15, -0.1) is 0 Å². The van der Waals surface area contributed by atoms with Crippen LogP contribution in [0, 0.1) is 0 Å². The Balaban J connectivity index is 1.75. The van der Waals surface area contributed by atoms with Gasteiger partial charge in [0.05, 0.1) is 13.2 Å². The van der Waals surface area contributed by atoms with Crippen LogP contribution in [-0.2, 0) is 9.53 Å². The molecule has 102 valence electrons. The highest BCUT2D eigenvalue weighted by Gasteiger charge is 2.32. The second-order valence-corrected chi connectivity index (χ2v) is 4.98. The summed E-state index contributed by atoms with van der Waals surface area (Å²) in [5.74, 6) is -1.12. The number of hydrogen-bond acceptors (Lipinski definition) is 3. The molecule has 1 amide bonds. The minimum absolute atomic E-state index is 0.105. The van der Waals surface area contributed by atoms with Gasteiger partial charge in [0, 0.05) is 18.8 Å². The van der Waals surface area contributed by atoms with Crippen molar-refractivity contribution in [3.63, 3.8) is 0 Å². The highest BCUT2D eigenvalue weighted by atomic mass is 16.5. The maximum absolute atomic E-state index is 12.4. The quantitative estimate of drug-likeness (QED) is 0.874. The Kier molecular flexibility index (Phi) is 3.02. The average Bonchev–Trinajstić information content (AvgIpc) is 3.15. The molecule has 1 aliphatic carbocycles. The number of morpholine rings is 1. The molecule has 1 aromatic rings. The first-order valence-corrected chi connectivity index (χ1v) is 6.47. The third-order valence-corrected chi connectivity index (χ3v) is 3.57. The standard InChI is InChI=1S/C13H16N2O4/c16-12(10-2-1-5-15(10)9-3-4-9)14-6-7-19-11(8-14)13(17)18/h1-2,5,9,11H,3-4,6-8H2,(H,17,18). The van der Waals surface area contributed by atoms with Gasteiger partial charge in [-0.05, 0) is 25.0 Å². The molecule has 1 saturated carbocycles. The molecule has 0 aromatic carbocycles. The molecule has 2 aliphatic rings. The lowest BCUT2D eigenvalue weighted by molar-refractivity contribution is -0.154. The molecule has 6 heteroatoms. The Bertz CT molecular complexity index is 506. The smallest absolute Gasteiger partial charge is 0.334 e. The summed E-state index contributed by atoms with van der Waals surface area (Å²) in [5.41, 5.74) is 0.647. The van der Waals surface area contributed by atoms with Crippen molar-refractivity contribution in [3.8, 4) is 0 Å². The fourth-order valence-electron chi connectivity index (χ4n) is 2.39. The van der Waals surface area contributed by atoms with E-state index in [1.165, 1.54) is 0 Å². The number of carboxylic acid groups (broad SMARTS) is 1. The maximum atomic E-state index is 12.4. The predicted molar refractivity (Wildman–Crippen MR) is 66.0 cm³/mol. The molecule has 19 heavy (non-hydrogen) atoms. The highest BCUT2D eigenvalue weighted by Crippen LogP contribution is 2.36. The Morgan fingerprint density at radius 3 is 2.84 bits per heavy atom. The molecule has 2 fully saturated rings. The molecule has 1 saturated heterocycles. The first-order chi connectivity index (χ1) is 9.16. The molecule has 0 bridgehead atoms. The Morgan fingerprint density at radius 2 is 2.16 bits per heavy atom. The third-order valence-electron chi connectivity index (χ3n) is 3.57. The van der Waals surface area contributed by atoms with Crippen LogP contribution >= 0.6 is 0 Å². The van der Waals surface area contributed by atoms with Crippen molar-refractivity contribution < 1.29 is 19.4 Å². The van der Waals surface area contributed by atoms with Gasteiger partial charge in [0.1, 0.15) is 5.69 Å². The van der Waals surface area contributed by atoms with Gasteiger partial charge >= 0.3 is 5.97 Å². The van der Waals surface area contributed by atoms with Crippen LogP contribution < -0.4 is 0 Å². The molecule has 3 rings (SSSR count). The topological polar surface area (TPSA) is 71.8 Å². The number of rotatable bonds is 3. The summed E-state index contributed by atoms with van der Waals surface area (Å²) in [5, 5.41) is 8.95. The van der Waals surface area contributed by atoms with Crippen molar-refractivity contribution in [2.45, 2.75) is 25.0 Å². The molecule has 6 nitrogen and oxygen atoms in total. The minimum Gasteiger partial charge on any atom is -0.479 e. The van der Waals surface area contributed by atoms with Crippen molar-refractivity contribution in [1.82, 2.24) is 9.47 Å². The summed E-state index contributed by atoms with van der Waals surface area (Å²) >= 11 is 0. The zero-order chi connectivity index (χ0) is 13.4. The molecule has 1 atom stereocenters. The van der Waals surface area contributed by atoms with E-state index in [1.54, 1.807) is 11.0 Å². The Hall–Kier alpha value is -1.82. The van der Waals surface area contributed by atoms with Gasteiger partial charge in [-0.1, -0.05) is 0 Å². The van der Waals surface area contributed by atoms with E-state index >= 15 is 0 Å². The lowest BCUT2D eigenvalue weighted by Gasteiger charge is -2.31. The van der Waals surface area contributed by atoms with E-state index in [9.17, 15) is 9.59 Å². The van der Waals surface area contributed by atoms with Crippen LogP contribution in [0.15, 0.2) is 18.3 Å². The highest BCUT2D eigenvalue weighted by molar-refractivity contribution is 5.93. The van der Waals surface area contributed by atoms with Crippen molar-refractivity contribution in [2.24, 2.45) is 0 Å². The largest absolute Gasteiger partial charge is 0.479 e. The van der Waals surface area contributed by atoms with Crippen LogP contribution in [0.4, 0.5) is 0 Å². The summed E-state index contributed by atoms with van der Waals surface area (Å²) in [6.45, 7) is 0.829. The molecule has 1 N–H and O–H groups in total. The first-order valence-electron chi connectivity index (χ1n) is 6.47. The van der Waals surface area contributed by atoms with Crippen molar-refractivity contribution in [3.05, 3.63) is 24.0 Å². The number of nitrogens with zero attached hydrogens (tertiary/aromatic N) is 2. The number of carbonyl (C=O) groups is 2. The SMILES string of the molecule is O=C(O)C1CN(C(=O)c2cccn2C2CC2)CCO1. The zero-order valence-corrected chi connectivity index (χ0v) is 10.5. The van der Waals surface area contributed by atoms with Crippen LogP contribution in [0.25, 0.3) is 0 Å². The fourth-order valence-corrected chi connectivity index (χ4v) is 2.39. The number of amides is 1. The van der Waals surface area contributed by atoms with Gasteiger partial charge in [-0.3, -0.25) is 4.79 Å². The van der Waals surface area contributed by atoms with Crippen LogP contribution in [0.1, 0.15) is 29.4 Å². The van der Waals surface area contributed by atoms with E-state index in [1.807, 2.05) is 16.8 Å². The monoisotopic (exact) mass is 264 g/mol. The number of aliphatic carboxylic acids is 1. The van der Waals surface area contributed by atoms with Crippen molar-refractivity contribution >= 4 is 11.9 Å². The second-order valence-electron chi connectivity index (χ2n) is 4.98. The van der Waals surface area contributed by atoms with E-state index in [0.29, 0.717) is 18.3 Å². The number of carbonyl (C=O) groups excluding carboxylic acids is 1. The summed E-state index contributed by atoms with van der Waals surface area (Å²) in [6, 6.07) is 4.09. The summed E-state index contributed by atoms with van der Waals surface area (Å²) in [6.07, 6.45) is 3.22. The van der Waals surface area contributed by atoms with Crippen LogP contribution in [-0.4, -0.2) is 52.3 Å². The first kappa shape index (κ1) is 12.2. The normalized spacial score (nSPS) is 23.4. The number of aromatic nitrogens is 1. The molecular formula is C13H16N2O4. The van der Waals surface area contributed by atoms with E-state index in [2.05, 4.69) is 0 Å². The summed E-state index contributed by atoms with van der Waals surface area (Å²) in [7, 11) is 0. The molecule has 2 heterocycles. The van der Waals surface area contributed by atoms with Gasteiger partial charge < -0.3 is 19.3 Å². The molecule has 0 spiro atoms. The number of carboxylic acids is 1. The van der Waals surface area contributed by atoms with E-state index in [0.717, 1.165) is 12.8 Å². The van der Waals surface area contributed by atoms with Gasteiger partial charge in [-0.2, -0.15) is 0 Å². The number of ether oxygens (including phenoxy) is 1. The van der Waals surface area contributed by atoms with Gasteiger partial charge in [0.25, 0.3) is 5.91 Å². The minimum atomic E-state index is -1.02. The van der Waals surface area contributed by atoms with Crippen LogP contribution in [0.3, 0.4) is 0 Å². The van der Waals surface area contributed by atoms with Crippen molar-refractivity contribution in [2.75, 3.05) is 19.7 Å². The van der Waals surface area contributed by atoms with Crippen molar-refractivity contribution in [1.29, 1.82) is 0 Å². The Labute approximate surface area is 110 Å². The average molecular weight is 264 g/mol. The third kappa shape index (κ3) is 2.35. The molecule has 1 unspecified atom stereocenters. The summed E-state index contributed by atoms with van der Waals surface area (Å²) in [4.78, 5) is 24.9. The molecule has 1 aromatic heterocycles. The lowest BCUT2D eigenvalue weighted by atomic mass is 10.2. The zero-order valence-electron chi connectivity index (χ0n) is 10.5. The maximum Gasteiger partial charge on any atom is 0.334 e. The van der Waals surface area contributed by atoms with Gasteiger partial charge in [0.2, 0.25) is 0 Å². The van der Waals surface area contributed by atoms with Crippen LogP contribution in [0.5, 0.6) is 0 Å². The fraction of sp³-hybridized carbons (Fsp3) is 0.538. The second kappa shape index (κ2) is 4.70. The van der Waals surface area contributed by atoms with Gasteiger partial charge in [0.15, 0.2) is 6.10 Å². The summed E-state index contributed by atoms with van der Waals surface area (Å²) < 4.78 is 7.12. The molecule has 1 aliphatic heterocycles. The van der Waals surface area contributed by atoms with E-state index < -0.39 is 12.1 Å². The van der Waals surface area contributed by atoms with E-state index in [-0.39, 0.29) is 19.1 Å². The number of hydrogen-bond donors (Lipinski definition) is 1. The Morgan fingerprint density at radius 1 is 1.37 bits per heavy atom. The lowest BCUT2D eigenvalue weighted by Crippen LogP contribution is -2.48. The molecule has 0 radical (unpaired) electrons. The molecular weight excluding hydrogens is 248 g/mol. The van der Waals surface area contributed by atoms with Crippen LogP contribution in [0.2, 0.25) is 0 Å². The van der Waals surface area contributed by atoms with Gasteiger partial charge in [-0.25, -0.2) is 4.79 Å².